The number of aromatic nitrogens is 2. The maximum atomic E-state index is 12.7. The quantitative estimate of drug-likeness (QED) is 0.789. The first-order valence-corrected chi connectivity index (χ1v) is 8.48. The first-order valence-electron chi connectivity index (χ1n) is 8.48. The number of aryl methyl sites for hydroxylation is 1. The minimum atomic E-state index is -0.219. The van der Waals surface area contributed by atoms with Gasteiger partial charge in [0.05, 0.1) is 11.7 Å². The van der Waals surface area contributed by atoms with E-state index in [1.807, 2.05) is 60.6 Å². The number of benzene rings is 2. The molecule has 0 radical (unpaired) electrons. The SMILES string of the molecule is Cn1ccc(NC(=O)C2=NN(c3ccccc3)C(c3ccccc3)C2)n1. The minimum Gasteiger partial charge on any atom is -0.304 e. The summed E-state index contributed by atoms with van der Waals surface area (Å²) in [5, 5.41) is 13.6. The number of nitrogens with one attached hydrogen (secondary N) is 1. The molecule has 0 saturated carbocycles. The van der Waals surface area contributed by atoms with Gasteiger partial charge in [0, 0.05) is 25.7 Å². The second kappa shape index (κ2) is 6.84. The van der Waals surface area contributed by atoms with Gasteiger partial charge in [-0.05, 0) is 17.7 Å². The van der Waals surface area contributed by atoms with Gasteiger partial charge in [-0.2, -0.15) is 10.2 Å². The number of hydrogen-bond acceptors (Lipinski definition) is 4. The summed E-state index contributed by atoms with van der Waals surface area (Å²) in [7, 11) is 1.81. The van der Waals surface area contributed by atoms with Crippen molar-refractivity contribution in [2.45, 2.75) is 12.5 Å². The highest BCUT2D eigenvalue weighted by atomic mass is 16.2. The third kappa shape index (κ3) is 3.21. The Hall–Kier alpha value is -3.41. The number of carbonyl (C=O) groups excluding carboxylic acids is 1. The third-order valence-corrected chi connectivity index (χ3v) is 4.33. The van der Waals surface area contributed by atoms with Gasteiger partial charge in [-0.15, -0.1) is 0 Å². The molecule has 130 valence electrons. The van der Waals surface area contributed by atoms with Crippen LogP contribution in [0.15, 0.2) is 78.0 Å². The Labute approximate surface area is 151 Å². The molecule has 0 fully saturated rings. The van der Waals surface area contributed by atoms with E-state index in [1.54, 1.807) is 16.9 Å². The fourth-order valence-electron chi connectivity index (χ4n) is 3.07. The molecule has 1 amide bonds. The van der Waals surface area contributed by atoms with Crippen molar-refractivity contribution in [1.29, 1.82) is 0 Å². The van der Waals surface area contributed by atoms with Crippen LogP contribution in [0.3, 0.4) is 0 Å². The first kappa shape index (κ1) is 16.1. The van der Waals surface area contributed by atoms with Gasteiger partial charge >= 0.3 is 0 Å². The third-order valence-electron chi connectivity index (χ3n) is 4.33. The van der Waals surface area contributed by atoms with E-state index >= 15 is 0 Å². The van der Waals surface area contributed by atoms with Gasteiger partial charge in [0.1, 0.15) is 5.71 Å². The molecule has 6 heteroatoms. The molecule has 1 N–H and O–H groups in total. The van der Waals surface area contributed by atoms with Crippen LogP contribution in [-0.4, -0.2) is 21.4 Å². The van der Waals surface area contributed by atoms with Crippen LogP contribution in [0.5, 0.6) is 0 Å². The molecule has 3 aromatic rings. The van der Waals surface area contributed by atoms with Crippen LogP contribution in [0.1, 0.15) is 18.0 Å². The topological polar surface area (TPSA) is 62.5 Å². The lowest BCUT2D eigenvalue weighted by Crippen LogP contribution is -2.22. The highest BCUT2D eigenvalue weighted by molar-refractivity contribution is 6.43. The second-order valence-corrected chi connectivity index (χ2v) is 6.19. The van der Waals surface area contributed by atoms with Gasteiger partial charge in [0.25, 0.3) is 5.91 Å². The number of anilines is 2. The molecule has 2 heterocycles. The number of hydrogen-bond donors (Lipinski definition) is 1. The summed E-state index contributed by atoms with van der Waals surface area (Å²) in [5.41, 5.74) is 2.58. The van der Waals surface area contributed by atoms with Gasteiger partial charge < -0.3 is 5.32 Å². The molecule has 0 spiro atoms. The summed E-state index contributed by atoms with van der Waals surface area (Å²) >= 11 is 0. The zero-order chi connectivity index (χ0) is 17.9. The Morgan fingerprint density at radius 2 is 1.73 bits per heavy atom. The molecule has 1 aliphatic rings. The Morgan fingerprint density at radius 3 is 2.38 bits per heavy atom. The summed E-state index contributed by atoms with van der Waals surface area (Å²) in [6.45, 7) is 0. The highest BCUT2D eigenvalue weighted by Gasteiger charge is 2.32. The van der Waals surface area contributed by atoms with Crippen molar-refractivity contribution >= 4 is 23.1 Å². The van der Waals surface area contributed by atoms with E-state index in [1.165, 1.54) is 0 Å². The molecule has 0 bridgehead atoms. The zero-order valence-electron chi connectivity index (χ0n) is 14.4. The van der Waals surface area contributed by atoms with E-state index in [9.17, 15) is 4.79 Å². The molecule has 1 atom stereocenters. The lowest BCUT2D eigenvalue weighted by molar-refractivity contribution is -0.110. The lowest BCUT2D eigenvalue weighted by Gasteiger charge is -2.23. The smallest absolute Gasteiger partial charge is 0.273 e. The molecule has 6 nitrogen and oxygen atoms in total. The molecule has 1 aromatic heterocycles. The van der Waals surface area contributed by atoms with Gasteiger partial charge in [-0.3, -0.25) is 14.5 Å². The van der Waals surface area contributed by atoms with Crippen LogP contribution >= 0.6 is 0 Å². The number of amides is 1. The van der Waals surface area contributed by atoms with Gasteiger partial charge in [-0.1, -0.05) is 48.5 Å². The molecule has 1 aliphatic heterocycles. The summed E-state index contributed by atoms with van der Waals surface area (Å²) in [6.07, 6.45) is 2.33. The van der Waals surface area contributed by atoms with Crippen LogP contribution in [-0.2, 0) is 11.8 Å². The number of nitrogens with zero attached hydrogens (tertiary/aromatic N) is 4. The molecule has 1 unspecified atom stereocenters. The van der Waals surface area contributed by atoms with Crippen LogP contribution in [0.2, 0.25) is 0 Å². The zero-order valence-corrected chi connectivity index (χ0v) is 14.4. The summed E-state index contributed by atoms with van der Waals surface area (Å²) in [6, 6.07) is 21.8. The molecular weight excluding hydrogens is 326 g/mol. The predicted octanol–water partition coefficient (Wildman–Crippen LogP) is 3.37. The fraction of sp³-hybridized carbons (Fsp3) is 0.150. The van der Waals surface area contributed by atoms with Crippen molar-refractivity contribution < 1.29 is 4.79 Å². The van der Waals surface area contributed by atoms with Crippen LogP contribution < -0.4 is 10.3 Å². The average Bonchev–Trinajstić information content (AvgIpc) is 3.30. The van der Waals surface area contributed by atoms with Crippen LogP contribution in [0.4, 0.5) is 11.5 Å². The largest absolute Gasteiger partial charge is 0.304 e. The number of carbonyl (C=O) groups is 1. The maximum absolute atomic E-state index is 12.7. The predicted molar refractivity (Wildman–Crippen MR) is 102 cm³/mol. The van der Waals surface area contributed by atoms with Crippen LogP contribution in [0, 0.1) is 0 Å². The Morgan fingerprint density at radius 1 is 1.04 bits per heavy atom. The lowest BCUT2D eigenvalue weighted by atomic mass is 10.0. The fourth-order valence-corrected chi connectivity index (χ4v) is 3.07. The summed E-state index contributed by atoms with van der Waals surface area (Å²) in [4.78, 5) is 12.7. The van der Waals surface area contributed by atoms with E-state index in [0.29, 0.717) is 18.0 Å². The summed E-state index contributed by atoms with van der Waals surface area (Å²) in [5.74, 6) is 0.303. The normalized spacial score (nSPS) is 16.4. The minimum absolute atomic E-state index is 0.0110. The number of para-hydroxylation sites is 1. The molecule has 4 rings (SSSR count). The molecule has 0 saturated heterocycles. The van der Waals surface area contributed by atoms with E-state index in [2.05, 4.69) is 27.6 Å². The van der Waals surface area contributed by atoms with Crippen LogP contribution in [0.25, 0.3) is 0 Å². The Balaban J connectivity index is 1.62. The average molecular weight is 345 g/mol. The van der Waals surface area contributed by atoms with E-state index in [-0.39, 0.29) is 11.9 Å². The van der Waals surface area contributed by atoms with E-state index < -0.39 is 0 Å². The molecule has 2 aromatic carbocycles. The van der Waals surface area contributed by atoms with Crippen molar-refractivity contribution in [3.8, 4) is 0 Å². The van der Waals surface area contributed by atoms with Gasteiger partial charge in [-0.25, -0.2) is 0 Å². The Bertz CT molecular complexity index is 933. The Kier molecular flexibility index (Phi) is 4.23. The molecular formula is C20H19N5O. The van der Waals surface area contributed by atoms with Crippen molar-refractivity contribution in [3.05, 3.63) is 78.5 Å². The second-order valence-electron chi connectivity index (χ2n) is 6.19. The van der Waals surface area contributed by atoms with Gasteiger partial charge in [0.15, 0.2) is 5.82 Å². The highest BCUT2D eigenvalue weighted by Crippen LogP contribution is 2.35. The van der Waals surface area contributed by atoms with Crippen molar-refractivity contribution in [2.24, 2.45) is 12.1 Å². The summed E-state index contributed by atoms with van der Waals surface area (Å²) < 4.78 is 1.65. The van der Waals surface area contributed by atoms with E-state index in [0.717, 1.165) is 11.3 Å². The van der Waals surface area contributed by atoms with Gasteiger partial charge in [0.2, 0.25) is 0 Å². The maximum Gasteiger partial charge on any atom is 0.273 e. The number of rotatable bonds is 4. The number of hydrazone groups is 1. The standard InChI is InChI=1S/C20H19N5O/c1-24-13-12-19(23-24)21-20(26)17-14-18(15-8-4-2-5-9-15)25(22-17)16-10-6-3-7-11-16/h2-13,18H,14H2,1H3,(H,21,23,26). The van der Waals surface area contributed by atoms with Crippen molar-refractivity contribution in [1.82, 2.24) is 9.78 Å². The molecule has 0 aliphatic carbocycles. The molecule has 26 heavy (non-hydrogen) atoms. The first-order chi connectivity index (χ1) is 12.7. The monoisotopic (exact) mass is 345 g/mol. The van der Waals surface area contributed by atoms with Crippen molar-refractivity contribution in [3.63, 3.8) is 0 Å². The van der Waals surface area contributed by atoms with Crippen molar-refractivity contribution in [2.75, 3.05) is 10.3 Å². The van der Waals surface area contributed by atoms with E-state index in [4.69, 9.17) is 0 Å².